The molecule has 6 nitrogen and oxygen atoms in total. The second kappa shape index (κ2) is 9.14. The van der Waals surface area contributed by atoms with Crippen molar-refractivity contribution in [3.63, 3.8) is 0 Å². The summed E-state index contributed by atoms with van der Waals surface area (Å²) >= 11 is 5.99. The highest BCUT2D eigenvalue weighted by Gasteiger charge is 2.14. The smallest absolute Gasteiger partial charge is 0.258 e. The SMILES string of the molecule is CCN(Cc1nc2cc(Cl)ccc2c(=O)[nH]1)CC(O)COc1ccc(F)cc1. The largest absolute Gasteiger partial charge is 0.491 e. The number of likely N-dealkylation sites (N-methyl/N-ethyl adjacent to an activating group) is 1. The van der Waals surface area contributed by atoms with Gasteiger partial charge in [0.05, 0.1) is 17.4 Å². The van der Waals surface area contributed by atoms with Crippen molar-refractivity contribution in [3.05, 3.63) is 69.5 Å². The third kappa shape index (κ3) is 5.28. The van der Waals surface area contributed by atoms with Gasteiger partial charge >= 0.3 is 0 Å². The van der Waals surface area contributed by atoms with Crippen molar-refractivity contribution in [3.8, 4) is 5.75 Å². The zero-order valence-electron chi connectivity index (χ0n) is 15.4. The van der Waals surface area contributed by atoms with E-state index in [9.17, 15) is 14.3 Å². The number of aromatic nitrogens is 2. The molecule has 148 valence electrons. The summed E-state index contributed by atoms with van der Waals surface area (Å²) in [6, 6.07) is 10.6. The number of fused-ring (bicyclic) bond motifs is 1. The van der Waals surface area contributed by atoms with Gasteiger partial charge in [0.2, 0.25) is 0 Å². The van der Waals surface area contributed by atoms with Crippen LogP contribution in [0.2, 0.25) is 5.02 Å². The molecule has 1 atom stereocenters. The molecule has 8 heteroatoms. The first-order valence-corrected chi connectivity index (χ1v) is 9.29. The summed E-state index contributed by atoms with van der Waals surface area (Å²) in [5.74, 6) is 0.636. The average molecular weight is 406 g/mol. The Hall–Kier alpha value is -2.48. The van der Waals surface area contributed by atoms with Crippen LogP contribution >= 0.6 is 11.6 Å². The van der Waals surface area contributed by atoms with Crippen molar-refractivity contribution in [2.24, 2.45) is 0 Å². The van der Waals surface area contributed by atoms with Crippen LogP contribution in [0.5, 0.6) is 5.75 Å². The van der Waals surface area contributed by atoms with Crippen molar-refractivity contribution < 1.29 is 14.2 Å². The van der Waals surface area contributed by atoms with Gasteiger partial charge in [0, 0.05) is 11.6 Å². The second-order valence-electron chi connectivity index (χ2n) is 6.42. The van der Waals surface area contributed by atoms with Gasteiger partial charge in [-0.25, -0.2) is 9.37 Å². The Labute approximate surface area is 166 Å². The lowest BCUT2D eigenvalue weighted by Gasteiger charge is -2.23. The molecule has 0 fully saturated rings. The van der Waals surface area contributed by atoms with Gasteiger partial charge in [0.1, 0.15) is 30.1 Å². The number of aliphatic hydroxyl groups is 1. The fourth-order valence-corrected chi connectivity index (χ4v) is 2.99. The van der Waals surface area contributed by atoms with Crippen LogP contribution in [0.1, 0.15) is 12.7 Å². The fraction of sp³-hybridized carbons (Fsp3) is 0.300. The van der Waals surface area contributed by atoms with Gasteiger partial charge in [-0.3, -0.25) is 9.69 Å². The first-order valence-electron chi connectivity index (χ1n) is 8.92. The zero-order chi connectivity index (χ0) is 20.1. The van der Waals surface area contributed by atoms with Gasteiger partial charge in [0.25, 0.3) is 5.56 Å². The minimum Gasteiger partial charge on any atom is -0.491 e. The first kappa shape index (κ1) is 20.3. The number of H-pyrrole nitrogens is 1. The minimum atomic E-state index is -0.758. The standard InChI is InChI=1S/C20H21ClFN3O3/c1-2-25(10-15(26)12-28-16-6-4-14(22)5-7-16)11-19-23-18-9-13(21)3-8-17(18)20(27)24-19/h3-9,15,26H,2,10-12H2,1H3,(H,23,24,27). The molecule has 1 heterocycles. The Kier molecular flexibility index (Phi) is 6.61. The Balaban J connectivity index is 1.62. The first-order chi connectivity index (χ1) is 13.4. The highest BCUT2D eigenvalue weighted by molar-refractivity contribution is 6.31. The van der Waals surface area contributed by atoms with E-state index < -0.39 is 6.10 Å². The molecular formula is C20H21ClFN3O3. The van der Waals surface area contributed by atoms with E-state index >= 15 is 0 Å². The molecule has 2 N–H and O–H groups in total. The lowest BCUT2D eigenvalue weighted by Crippen LogP contribution is -2.36. The molecule has 0 radical (unpaired) electrons. The monoisotopic (exact) mass is 405 g/mol. The lowest BCUT2D eigenvalue weighted by molar-refractivity contribution is 0.0666. The average Bonchev–Trinajstić information content (AvgIpc) is 2.66. The van der Waals surface area contributed by atoms with Crippen LogP contribution < -0.4 is 10.3 Å². The van der Waals surface area contributed by atoms with E-state index in [2.05, 4.69) is 9.97 Å². The van der Waals surface area contributed by atoms with Crippen LogP contribution in [-0.2, 0) is 6.54 Å². The van der Waals surface area contributed by atoms with Crippen LogP contribution in [-0.4, -0.2) is 45.8 Å². The van der Waals surface area contributed by atoms with Crippen LogP contribution in [0.25, 0.3) is 10.9 Å². The van der Waals surface area contributed by atoms with Gasteiger partial charge in [-0.15, -0.1) is 0 Å². The number of hydrogen-bond acceptors (Lipinski definition) is 5. The van der Waals surface area contributed by atoms with Gasteiger partial charge in [-0.05, 0) is 49.0 Å². The number of halogens is 2. The number of benzene rings is 2. The van der Waals surface area contributed by atoms with E-state index in [0.29, 0.717) is 47.1 Å². The topological polar surface area (TPSA) is 78.5 Å². The van der Waals surface area contributed by atoms with E-state index in [1.54, 1.807) is 18.2 Å². The number of rotatable bonds is 8. The molecule has 1 aromatic heterocycles. The molecule has 2 aromatic carbocycles. The number of nitrogens with one attached hydrogen (secondary N) is 1. The summed E-state index contributed by atoms with van der Waals surface area (Å²) in [5.41, 5.74) is 0.301. The Morgan fingerprint density at radius 1 is 1.29 bits per heavy atom. The summed E-state index contributed by atoms with van der Waals surface area (Å²) in [7, 11) is 0. The summed E-state index contributed by atoms with van der Waals surface area (Å²) in [4.78, 5) is 21.4. The van der Waals surface area contributed by atoms with Crippen LogP contribution in [0, 0.1) is 5.82 Å². The van der Waals surface area contributed by atoms with Crippen molar-refractivity contribution in [1.82, 2.24) is 14.9 Å². The molecule has 1 unspecified atom stereocenters. The quantitative estimate of drug-likeness (QED) is 0.602. The molecule has 0 saturated heterocycles. The molecule has 0 saturated carbocycles. The lowest BCUT2D eigenvalue weighted by atomic mass is 10.2. The summed E-state index contributed by atoms with van der Waals surface area (Å²) in [5, 5.41) is 11.2. The fourth-order valence-electron chi connectivity index (χ4n) is 2.83. The molecule has 0 bridgehead atoms. The highest BCUT2D eigenvalue weighted by Crippen LogP contribution is 2.15. The Bertz CT molecular complexity index is 994. The number of ether oxygens (including phenoxy) is 1. The molecule has 0 spiro atoms. The number of nitrogens with zero attached hydrogens (tertiary/aromatic N) is 2. The van der Waals surface area contributed by atoms with E-state index in [1.165, 1.54) is 24.3 Å². The summed E-state index contributed by atoms with van der Waals surface area (Å²) in [6.07, 6.45) is -0.758. The van der Waals surface area contributed by atoms with Gasteiger partial charge in [0.15, 0.2) is 0 Å². The van der Waals surface area contributed by atoms with Gasteiger partial charge in [-0.2, -0.15) is 0 Å². The maximum atomic E-state index is 12.9. The number of aliphatic hydroxyl groups excluding tert-OH is 1. The van der Waals surface area contributed by atoms with Crippen molar-refractivity contribution >= 4 is 22.5 Å². The van der Waals surface area contributed by atoms with E-state index in [0.717, 1.165) is 0 Å². The molecule has 0 aliphatic rings. The maximum absolute atomic E-state index is 12.9. The van der Waals surface area contributed by atoms with Crippen molar-refractivity contribution in [2.45, 2.75) is 19.6 Å². The van der Waals surface area contributed by atoms with Gasteiger partial charge in [-0.1, -0.05) is 18.5 Å². The third-order valence-electron chi connectivity index (χ3n) is 4.26. The molecule has 0 amide bonds. The number of aromatic amines is 1. The van der Waals surface area contributed by atoms with Crippen LogP contribution in [0.15, 0.2) is 47.3 Å². The minimum absolute atomic E-state index is 0.0689. The normalized spacial score (nSPS) is 12.5. The van der Waals surface area contributed by atoms with Crippen molar-refractivity contribution in [1.29, 1.82) is 0 Å². The molecule has 0 aliphatic heterocycles. The zero-order valence-corrected chi connectivity index (χ0v) is 16.1. The molecule has 3 rings (SSSR count). The molecular weight excluding hydrogens is 385 g/mol. The summed E-state index contributed by atoms with van der Waals surface area (Å²) < 4.78 is 18.4. The molecule has 28 heavy (non-hydrogen) atoms. The third-order valence-corrected chi connectivity index (χ3v) is 4.50. The predicted octanol–water partition coefficient (Wildman–Crippen LogP) is 2.98. The maximum Gasteiger partial charge on any atom is 0.258 e. The number of hydrogen-bond donors (Lipinski definition) is 2. The summed E-state index contributed by atoms with van der Waals surface area (Å²) in [6.45, 7) is 3.35. The Morgan fingerprint density at radius 3 is 2.75 bits per heavy atom. The van der Waals surface area contributed by atoms with Gasteiger partial charge < -0.3 is 14.8 Å². The van der Waals surface area contributed by atoms with Crippen LogP contribution in [0.3, 0.4) is 0 Å². The van der Waals surface area contributed by atoms with E-state index in [4.69, 9.17) is 16.3 Å². The predicted molar refractivity (Wildman–Crippen MR) is 106 cm³/mol. The highest BCUT2D eigenvalue weighted by atomic mass is 35.5. The van der Waals surface area contributed by atoms with E-state index in [1.807, 2.05) is 11.8 Å². The molecule has 0 aliphatic carbocycles. The van der Waals surface area contributed by atoms with Crippen molar-refractivity contribution in [2.75, 3.05) is 19.7 Å². The Morgan fingerprint density at radius 2 is 2.04 bits per heavy atom. The van der Waals surface area contributed by atoms with E-state index in [-0.39, 0.29) is 18.0 Å². The van der Waals surface area contributed by atoms with Crippen LogP contribution in [0.4, 0.5) is 4.39 Å². The molecule has 3 aromatic rings. The second-order valence-corrected chi connectivity index (χ2v) is 6.86.